The Kier molecular flexibility index (Phi) is 7.39. The zero-order chi connectivity index (χ0) is 28.4. The van der Waals surface area contributed by atoms with E-state index in [2.05, 4.69) is 84.1 Å². The number of hydrogen-bond donors (Lipinski definition) is 3. The van der Waals surface area contributed by atoms with Crippen molar-refractivity contribution in [3.63, 3.8) is 0 Å². The zero-order valence-corrected chi connectivity index (χ0v) is 23.6. The molecule has 2 aromatic carbocycles. The van der Waals surface area contributed by atoms with E-state index in [1.807, 2.05) is 25.5 Å². The average Bonchev–Trinajstić information content (AvgIpc) is 3.38. The van der Waals surface area contributed by atoms with Crippen LogP contribution in [0.15, 0.2) is 85.6 Å². The summed E-state index contributed by atoms with van der Waals surface area (Å²) in [5.41, 5.74) is 8.61. The van der Waals surface area contributed by atoms with Crippen LogP contribution in [-0.4, -0.2) is 27.0 Å². The first-order chi connectivity index (χ1) is 19.2. The minimum Gasteiger partial charge on any atom is -0.388 e. The second kappa shape index (κ2) is 10.9. The number of allylic oxidation sites excluding steroid dienone is 1. The number of pyridine rings is 2. The molecule has 0 fully saturated rings. The van der Waals surface area contributed by atoms with Crippen molar-refractivity contribution in [2.45, 2.75) is 39.5 Å². The van der Waals surface area contributed by atoms with Gasteiger partial charge in [-0.3, -0.25) is 9.97 Å². The SMILES string of the molecule is C=C(CC(C)C)Nc1cncc(-c2ccc(NC)c(C(C)(C)c3nc4c(-c5cccc(F)c5)cncc4[nH]3)c2)c1. The molecule has 5 aromatic rings. The summed E-state index contributed by atoms with van der Waals surface area (Å²) in [6, 6.07) is 15.0. The highest BCUT2D eigenvalue weighted by Gasteiger charge is 2.30. The van der Waals surface area contributed by atoms with Crippen LogP contribution in [0.1, 0.15) is 45.5 Å². The second-order valence-electron chi connectivity index (χ2n) is 11.1. The average molecular weight is 535 g/mol. The van der Waals surface area contributed by atoms with Gasteiger partial charge >= 0.3 is 0 Å². The van der Waals surface area contributed by atoms with Crippen molar-refractivity contribution in [1.82, 2.24) is 19.9 Å². The van der Waals surface area contributed by atoms with Gasteiger partial charge in [-0.05, 0) is 73.2 Å². The first kappa shape index (κ1) is 27.1. The predicted molar refractivity (Wildman–Crippen MR) is 163 cm³/mol. The van der Waals surface area contributed by atoms with Crippen LogP contribution in [-0.2, 0) is 5.41 Å². The number of aromatic amines is 1. The van der Waals surface area contributed by atoms with Gasteiger partial charge in [0.05, 0.1) is 29.1 Å². The lowest BCUT2D eigenvalue weighted by molar-refractivity contribution is 0.603. The van der Waals surface area contributed by atoms with E-state index < -0.39 is 5.41 Å². The molecule has 0 saturated heterocycles. The molecule has 3 N–H and O–H groups in total. The van der Waals surface area contributed by atoms with Crippen molar-refractivity contribution >= 4 is 22.4 Å². The summed E-state index contributed by atoms with van der Waals surface area (Å²) in [4.78, 5) is 17.4. The third-order valence-corrected chi connectivity index (χ3v) is 7.13. The van der Waals surface area contributed by atoms with Crippen molar-refractivity contribution < 1.29 is 4.39 Å². The highest BCUT2D eigenvalue weighted by atomic mass is 19.1. The van der Waals surface area contributed by atoms with E-state index in [1.54, 1.807) is 18.5 Å². The Morgan fingerprint density at radius 2 is 1.77 bits per heavy atom. The highest BCUT2D eigenvalue weighted by Crippen LogP contribution is 2.39. The molecule has 0 spiro atoms. The number of benzene rings is 2. The van der Waals surface area contributed by atoms with E-state index >= 15 is 0 Å². The number of imidazole rings is 1. The maximum absolute atomic E-state index is 14.0. The maximum atomic E-state index is 14.0. The van der Waals surface area contributed by atoms with E-state index in [4.69, 9.17) is 4.98 Å². The third-order valence-electron chi connectivity index (χ3n) is 7.13. The molecule has 204 valence electrons. The lowest BCUT2D eigenvalue weighted by Crippen LogP contribution is -2.22. The fourth-order valence-electron chi connectivity index (χ4n) is 5.10. The van der Waals surface area contributed by atoms with E-state index in [0.29, 0.717) is 5.92 Å². The normalized spacial score (nSPS) is 11.7. The number of nitrogens with zero attached hydrogens (tertiary/aromatic N) is 3. The topological polar surface area (TPSA) is 78.5 Å². The summed E-state index contributed by atoms with van der Waals surface area (Å²) < 4.78 is 14.0. The number of hydrogen-bond acceptors (Lipinski definition) is 5. The van der Waals surface area contributed by atoms with Gasteiger partial charge in [-0.2, -0.15) is 0 Å². The zero-order valence-electron chi connectivity index (χ0n) is 23.6. The Balaban J connectivity index is 1.54. The summed E-state index contributed by atoms with van der Waals surface area (Å²) >= 11 is 0. The van der Waals surface area contributed by atoms with Gasteiger partial charge in [0.1, 0.15) is 11.6 Å². The molecule has 0 bridgehead atoms. The number of aromatic nitrogens is 4. The third kappa shape index (κ3) is 5.45. The highest BCUT2D eigenvalue weighted by molar-refractivity contribution is 5.91. The fraction of sp³-hybridized carbons (Fsp3) is 0.242. The Morgan fingerprint density at radius 3 is 2.52 bits per heavy atom. The summed E-state index contributed by atoms with van der Waals surface area (Å²) in [7, 11) is 1.92. The van der Waals surface area contributed by atoms with Crippen LogP contribution in [0.3, 0.4) is 0 Å². The first-order valence-corrected chi connectivity index (χ1v) is 13.5. The number of H-pyrrole nitrogens is 1. The van der Waals surface area contributed by atoms with Gasteiger partial charge < -0.3 is 15.6 Å². The quantitative estimate of drug-likeness (QED) is 0.178. The summed E-state index contributed by atoms with van der Waals surface area (Å²) in [5, 5.41) is 6.75. The van der Waals surface area contributed by atoms with Crippen molar-refractivity contribution in [3.05, 3.63) is 103 Å². The number of anilines is 2. The first-order valence-electron chi connectivity index (χ1n) is 13.5. The Labute approximate surface area is 234 Å². The molecule has 6 nitrogen and oxygen atoms in total. The molecule has 0 saturated carbocycles. The molecule has 0 atom stereocenters. The van der Waals surface area contributed by atoms with Gasteiger partial charge in [0, 0.05) is 47.4 Å². The molecule has 3 aromatic heterocycles. The Bertz CT molecular complexity index is 1680. The van der Waals surface area contributed by atoms with Gasteiger partial charge in [-0.25, -0.2) is 9.37 Å². The molecule has 5 rings (SSSR count). The molecule has 3 heterocycles. The van der Waals surface area contributed by atoms with Crippen LogP contribution in [0.25, 0.3) is 33.3 Å². The van der Waals surface area contributed by atoms with Crippen LogP contribution in [0, 0.1) is 11.7 Å². The van der Waals surface area contributed by atoms with Crippen molar-refractivity contribution in [2.75, 3.05) is 17.7 Å². The molecule has 0 aliphatic rings. The van der Waals surface area contributed by atoms with Gasteiger partial charge in [-0.1, -0.05) is 38.6 Å². The van der Waals surface area contributed by atoms with Crippen LogP contribution in [0.2, 0.25) is 0 Å². The van der Waals surface area contributed by atoms with Crippen LogP contribution >= 0.6 is 0 Å². The maximum Gasteiger partial charge on any atom is 0.123 e. The van der Waals surface area contributed by atoms with Gasteiger partial charge in [0.25, 0.3) is 0 Å². The number of fused-ring (bicyclic) bond motifs is 1. The lowest BCUT2D eigenvalue weighted by atomic mass is 9.81. The second-order valence-corrected chi connectivity index (χ2v) is 11.1. The van der Waals surface area contributed by atoms with Crippen molar-refractivity contribution in [3.8, 4) is 22.3 Å². The van der Waals surface area contributed by atoms with E-state index in [0.717, 1.165) is 68.2 Å². The van der Waals surface area contributed by atoms with Gasteiger partial charge in [-0.15, -0.1) is 0 Å². The van der Waals surface area contributed by atoms with E-state index in [1.165, 1.54) is 12.1 Å². The van der Waals surface area contributed by atoms with Crippen LogP contribution in [0.4, 0.5) is 15.8 Å². The standard InChI is InChI=1S/C33H35FN6/c1-20(2)12-21(3)38-26-14-24(16-36-17-26)22-10-11-29(35-6)28(15-22)33(4,5)32-39-30-19-37-18-27(31(30)40-32)23-8-7-9-25(34)13-23/h7-11,13-20,35,38H,3,12H2,1-2,4-6H3,(H,39,40). The minimum absolute atomic E-state index is 0.293. The van der Waals surface area contributed by atoms with Gasteiger partial charge in [0.2, 0.25) is 0 Å². The minimum atomic E-state index is -0.499. The Morgan fingerprint density at radius 1 is 0.975 bits per heavy atom. The summed E-state index contributed by atoms with van der Waals surface area (Å²) in [6.07, 6.45) is 8.09. The molecule has 0 radical (unpaired) electrons. The summed E-state index contributed by atoms with van der Waals surface area (Å²) in [5.74, 6) is 1.02. The van der Waals surface area contributed by atoms with E-state index in [-0.39, 0.29) is 5.82 Å². The fourth-order valence-corrected chi connectivity index (χ4v) is 5.10. The van der Waals surface area contributed by atoms with E-state index in [9.17, 15) is 4.39 Å². The van der Waals surface area contributed by atoms with Crippen LogP contribution < -0.4 is 10.6 Å². The van der Waals surface area contributed by atoms with Crippen molar-refractivity contribution in [1.29, 1.82) is 0 Å². The molecule has 7 heteroatoms. The number of nitrogens with one attached hydrogen (secondary N) is 3. The molecule has 0 amide bonds. The van der Waals surface area contributed by atoms with Gasteiger partial charge in [0.15, 0.2) is 0 Å². The smallest absolute Gasteiger partial charge is 0.123 e. The molecule has 0 aliphatic heterocycles. The Hall–Kier alpha value is -4.52. The monoisotopic (exact) mass is 534 g/mol. The van der Waals surface area contributed by atoms with Crippen molar-refractivity contribution in [2.24, 2.45) is 5.92 Å². The molecular formula is C33H35FN6. The molecule has 0 unspecified atom stereocenters. The lowest BCUT2D eigenvalue weighted by Gasteiger charge is -2.26. The number of halogens is 1. The molecule has 0 aliphatic carbocycles. The molecular weight excluding hydrogens is 499 g/mol. The summed E-state index contributed by atoms with van der Waals surface area (Å²) in [6.45, 7) is 12.8. The predicted octanol–water partition coefficient (Wildman–Crippen LogP) is 8.17. The molecule has 40 heavy (non-hydrogen) atoms. The van der Waals surface area contributed by atoms with Crippen LogP contribution in [0.5, 0.6) is 0 Å². The largest absolute Gasteiger partial charge is 0.388 e. The number of rotatable bonds is 9.